The third-order valence-electron chi connectivity index (χ3n) is 3.04. The molecular formula is C17H12NO2S-. The summed E-state index contributed by atoms with van der Waals surface area (Å²) in [4.78, 5) is 15.5. The normalized spacial score (nSPS) is 11.7. The highest BCUT2D eigenvalue weighted by Crippen LogP contribution is 2.29. The van der Waals surface area contributed by atoms with Crippen LogP contribution >= 0.6 is 11.3 Å². The Hall–Kier alpha value is -2.46. The van der Waals surface area contributed by atoms with Crippen molar-refractivity contribution in [3.05, 3.63) is 65.2 Å². The Labute approximate surface area is 126 Å². The number of aliphatic carboxylic acids is 1. The first-order valence-electron chi connectivity index (χ1n) is 6.54. The van der Waals surface area contributed by atoms with Gasteiger partial charge >= 0.3 is 0 Å². The summed E-state index contributed by atoms with van der Waals surface area (Å²) in [6.45, 7) is 0. The molecule has 0 atom stereocenters. The third kappa shape index (κ3) is 3.17. The van der Waals surface area contributed by atoms with E-state index in [9.17, 15) is 9.90 Å². The van der Waals surface area contributed by atoms with E-state index in [1.165, 1.54) is 11.3 Å². The number of nitrogens with zero attached hydrogens (tertiary/aromatic N) is 1. The van der Waals surface area contributed by atoms with Crippen molar-refractivity contribution in [3.8, 4) is 0 Å². The molecule has 0 aliphatic heterocycles. The van der Waals surface area contributed by atoms with Gasteiger partial charge in [0.05, 0.1) is 10.2 Å². The van der Waals surface area contributed by atoms with Crippen LogP contribution in [0.25, 0.3) is 21.9 Å². The Balaban J connectivity index is 2.06. The Morgan fingerprint density at radius 1 is 1.10 bits per heavy atom. The second-order valence-electron chi connectivity index (χ2n) is 4.62. The van der Waals surface area contributed by atoms with Gasteiger partial charge in [0, 0.05) is 12.4 Å². The van der Waals surface area contributed by atoms with Gasteiger partial charge in [-0.2, -0.15) is 0 Å². The number of carboxylic acids is 1. The maximum absolute atomic E-state index is 11.0. The third-order valence-corrected chi connectivity index (χ3v) is 4.16. The monoisotopic (exact) mass is 294 g/mol. The van der Waals surface area contributed by atoms with Gasteiger partial charge in [0.1, 0.15) is 5.01 Å². The molecule has 2 aromatic carbocycles. The predicted octanol–water partition coefficient (Wildman–Crippen LogP) is 2.98. The lowest BCUT2D eigenvalue weighted by Crippen LogP contribution is -2.22. The number of rotatable bonds is 4. The van der Waals surface area contributed by atoms with Gasteiger partial charge in [-0.15, -0.1) is 11.3 Å². The molecule has 0 spiro atoms. The molecule has 0 bridgehead atoms. The summed E-state index contributed by atoms with van der Waals surface area (Å²) >= 11 is 1.50. The van der Waals surface area contributed by atoms with Crippen LogP contribution in [0.15, 0.2) is 54.6 Å². The maximum Gasteiger partial charge on any atom is 0.120 e. The molecule has 4 heteroatoms. The van der Waals surface area contributed by atoms with E-state index in [0.29, 0.717) is 5.57 Å². The number of aromatic nitrogens is 1. The molecule has 1 heterocycles. The smallest absolute Gasteiger partial charge is 0.120 e. The van der Waals surface area contributed by atoms with Crippen LogP contribution in [-0.2, 0) is 4.79 Å². The van der Waals surface area contributed by atoms with Crippen molar-refractivity contribution >= 4 is 39.2 Å². The summed E-state index contributed by atoms with van der Waals surface area (Å²) in [6.07, 6.45) is 1.71. The van der Waals surface area contributed by atoms with Crippen LogP contribution in [0.1, 0.15) is 17.0 Å². The Bertz CT molecular complexity index is 773. The van der Waals surface area contributed by atoms with E-state index in [0.717, 1.165) is 20.8 Å². The fourth-order valence-corrected chi connectivity index (χ4v) is 3.08. The number of hydrogen-bond acceptors (Lipinski definition) is 4. The van der Waals surface area contributed by atoms with E-state index < -0.39 is 5.97 Å². The van der Waals surface area contributed by atoms with Gasteiger partial charge in [0.25, 0.3) is 0 Å². The number of thiazole rings is 1. The molecule has 3 nitrogen and oxygen atoms in total. The van der Waals surface area contributed by atoms with Gasteiger partial charge in [0.2, 0.25) is 0 Å². The second kappa shape index (κ2) is 5.89. The predicted molar refractivity (Wildman–Crippen MR) is 83.6 cm³/mol. The van der Waals surface area contributed by atoms with Crippen molar-refractivity contribution in [2.45, 2.75) is 6.42 Å². The van der Waals surface area contributed by atoms with Crippen molar-refractivity contribution in [1.82, 2.24) is 4.98 Å². The van der Waals surface area contributed by atoms with Gasteiger partial charge in [-0.05, 0) is 29.3 Å². The summed E-state index contributed by atoms with van der Waals surface area (Å²) < 4.78 is 1.05. The fourth-order valence-electron chi connectivity index (χ4n) is 2.10. The zero-order valence-corrected chi connectivity index (χ0v) is 12.0. The molecule has 0 radical (unpaired) electrons. The van der Waals surface area contributed by atoms with Gasteiger partial charge in [-0.1, -0.05) is 42.5 Å². The van der Waals surface area contributed by atoms with Crippen molar-refractivity contribution in [2.24, 2.45) is 0 Å². The maximum atomic E-state index is 11.0. The molecule has 0 saturated carbocycles. The Morgan fingerprint density at radius 2 is 1.81 bits per heavy atom. The topological polar surface area (TPSA) is 53.0 Å². The SMILES string of the molecule is O=C([O-])C/C(=C\c1ccccc1)c1nc2ccccc2s1. The molecule has 21 heavy (non-hydrogen) atoms. The van der Waals surface area contributed by atoms with Crippen LogP contribution in [-0.4, -0.2) is 11.0 Å². The average Bonchev–Trinajstić information content (AvgIpc) is 2.91. The quantitative estimate of drug-likeness (QED) is 0.743. The standard InChI is InChI=1S/C17H13NO2S/c19-16(20)11-13(10-12-6-2-1-3-7-12)17-18-14-8-4-5-9-15(14)21-17/h1-10H,11H2,(H,19,20)/p-1/b13-10+. The molecule has 0 amide bonds. The number of benzene rings is 2. The van der Waals surface area contributed by atoms with Gasteiger partial charge in [-0.3, -0.25) is 0 Å². The molecule has 104 valence electrons. The van der Waals surface area contributed by atoms with Crippen LogP contribution in [0.5, 0.6) is 0 Å². The van der Waals surface area contributed by atoms with Crippen molar-refractivity contribution in [3.63, 3.8) is 0 Å². The highest BCUT2D eigenvalue weighted by molar-refractivity contribution is 7.19. The van der Waals surface area contributed by atoms with Gasteiger partial charge < -0.3 is 9.90 Å². The van der Waals surface area contributed by atoms with E-state index >= 15 is 0 Å². The molecule has 0 unspecified atom stereocenters. The highest BCUT2D eigenvalue weighted by Gasteiger charge is 2.09. The number of carbonyl (C=O) groups is 1. The molecule has 0 saturated heterocycles. The van der Waals surface area contributed by atoms with Crippen LogP contribution in [0.4, 0.5) is 0 Å². The van der Waals surface area contributed by atoms with Crippen molar-refractivity contribution in [2.75, 3.05) is 0 Å². The number of carboxylic acid groups (broad SMARTS) is 1. The molecule has 0 fully saturated rings. The van der Waals surface area contributed by atoms with Gasteiger partial charge in [0.15, 0.2) is 0 Å². The lowest BCUT2D eigenvalue weighted by Gasteiger charge is -2.05. The summed E-state index contributed by atoms with van der Waals surface area (Å²) in [7, 11) is 0. The zero-order chi connectivity index (χ0) is 14.7. The van der Waals surface area contributed by atoms with Gasteiger partial charge in [-0.25, -0.2) is 4.98 Å². The minimum atomic E-state index is -1.10. The Kier molecular flexibility index (Phi) is 3.79. The van der Waals surface area contributed by atoms with Crippen LogP contribution in [0.2, 0.25) is 0 Å². The largest absolute Gasteiger partial charge is 0.550 e. The molecule has 0 aliphatic rings. The molecule has 3 aromatic rings. The number of hydrogen-bond donors (Lipinski definition) is 0. The summed E-state index contributed by atoms with van der Waals surface area (Å²) in [6, 6.07) is 17.4. The molecular weight excluding hydrogens is 282 g/mol. The summed E-state index contributed by atoms with van der Waals surface area (Å²) in [5.74, 6) is -1.10. The van der Waals surface area contributed by atoms with E-state index in [1.54, 1.807) is 0 Å². The van der Waals surface area contributed by atoms with Crippen molar-refractivity contribution < 1.29 is 9.90 Å². The van der Waals surface area contributed by atoms with Crippen LogP contribution in [0, 0.1) is 0 Å². The molecule has 0 N–H and O–H groups in total. The first kappa shape index (κ1) is 13.5. The minimum absolute atomic E-state index is 0.144. The van der Waals surface area contributed by atoms with Crippen LogP contribution in [0.3, 0.4) is 0 Å². The van der Waals surface area contributed by atoms with E-state index in [2.05, 4.69) is 4.98 Å². The highest BCUT2D eigenvalue weighted by atomic mass is 32.1. The number of para-hydroxylation sites is 1. The summed E-state index contributed by atoms with van der Waals surface area (Å²) in [5, 5.41) is 11.7. The lowest BCUT2D eigenvalue weighted by molar-refractivity contribution is -0.304. The first-order valence-corrected chi connectivity index (χ1v) is 7.35. The first-order chi connectivity index (χ1) is 10.2. The van der Waals surface area contributed by atoms with E-state index in [4.69, 9.17) is 0 Å². The lowest BCUT2D eigenvalue weighted by atomic mass is 10.1. The molecule has 3 rings (SSSR count). The van der Waals surface area contributed by atoms with E-state index in [1.807, 2.05) is 60.7 Å². The molecule has 1 aromatic heterocycles. The number of fused-ring (bicyclic) bond motifs is 1. The fraction of sp³-hybridized carbons (Fsp3) is 0.0588. The average molecular weight is 294 g/mol. The van der Waals surface area contributed by atoms with Crippen molar-refractivity contribution in [1.29, 1.82) is 0 Å². The second-order valence-corrected chi connectivity index (χ2v) is 5.65. The Morgan fingerprint density at radius 3 is 2.52 bits per heavy atom. The minimum Gasteiger partial charge on any atom is -0.550 e. The number of carbonyl (C=O) groups excluding carboxylic acids is 1. The summed E-state index contributed by atoms with van der Waals surface area (Å²) in [5.41, 5.74) is 2.50. The van der Waals surface area contributed by atoms with Crippen LogP contribution < -0.4 is 5.11 Å². The molecule has 0 aliphatic carbocycles. The zero-order valence-electron chi connectivity index (χ0n) is 11.2. The van der Waals surface area contributed by atoms with E-state index in [-0.39, 0.29) is 6.42 Å².